The summed E-state index contributed by atoms with van der Waals surface area (Å²) in [6.45, 7) is 8.23. The van der Waals surface area contributed by atoms with Gasteiger partial charge in [-0.05, 0) is 65.2 Å². The fraction of sp³-hybridized carbons (Fsp3) is 0.417. The van der Waals surface area contributed by atoms with E-state index in [1.165, 1.54) is 11.3 Å². The Balaban J connectivity index is 2.07. The molecule has 0 bridgehead atoms. The molecule has 0 fully saturated rings. The predicted molar refractivity (Wildman–Crippen MR) is 137 cm³/mol. The molecule has 0 aliphatic rings. The highest BCUT2D eigenvalue weighted by Gasteiger charge is 2.25. The lowest BCUT2D eigenvalue weighted by Crippen LogP contribution is -2.36. The third-order valence-corrected chi connectivity index (χ3v) is 6.28. The molecule has 0 saturated carbocycles. The van der Waals surface area contributed by atoms with Gasteiger partial charge in [-0.3, -0.25) is 9.69 Å². The standard InChI is InChI=1S/C24H30BrN3O4S/c1-6-30-19-13-16(14-20(31-7-2)22(19)32-8-3)23(29)28(12-11-27(4)5)24-26-18-10-9-17(25)15-21(18)33-24/h9-10,13-15H,6-8,11-12H2,1-5H3. The van der Waals surface area contributed by atoms with Crippen molar-refractivity contribution < 1.29 is 19.0 Å². The highest BCUT2D eigenvalue weighted by molar-refractivity contribution is 9.10. The molecule has 0 radical (unpaired) electrons. The van der Waals surface area contributed by atoms with Gasteiger partial charge in [-0.2, -0.15) is 0 Å². The third-order valence-electron chi connectivity index (χ3n) is 4.74. The molecule has 0 spiro atoms. The molecule has 0 aliphatic heterocycles. The van der Waals surface area contributed by atoms with E-state index < -0.39 is 0 Å². The maximum atomic E-state index is 13.8. The monoisotopic (exact) mass is 535 g/mol. The van der Waals surface area contributed by atoms with Crippen molar-refractivity contribution in [3.63, 3.8) is 0 Å². The Morgan fingerprint density at radius 3 is 2.18 bits per heavy atom. The minimum absolute atomic E-state index is 0.167. The fourth-order valence-corrected chi connectivity index (χ4v) is 4.80. The number of hydrogen-bond donors (Lipinski definition) is 0. The molecule has 178 valence electrons. The van der Waals surface area contributed by atoms with Crippen LogP contribution < -0.4 is 19.1 Å². The Hall–Kier alpha value is -2.36. The molecule has 0 atom stereocenters. The van der Waals surface area contributed by atoms with Gasteiger partial charge in [0.05, 0.1) is 30.0 Å². The van der Waals surface area contributed by atoms with Crippen LogP contribution in [-0.4, -0.2) is 62.8 Å². The largest absolute Gasteiger partial charge is 0.490 e. The number of thiazole rings is 1. The number of likely N-dealkylation sites (N-methyl/N-ethyl adjacent to an activating group) is 1. The van der Waals surface area contributed by atoms with Crippen LogP contribution in [0, 0.1) is 0 Å². The van der Waals surface area contributed by atoms with Gasteiger partial charge in [0.2, 0.25) is 5.75 Å². The van der Waals surface area contributed by atoms with Crippen LogP contribution in [0.4, 0.5) is 5.13 Å². The number of rotatable bonds is 11. The maximum Gasteiger partial charge on any atom is 0.260 e. The van der Waals surface area contributed by atoms with Crippen molar-refractivity contribution in [3.8, 4) is 17.2 Å². The Bertz CT molecular complexity index is 1080. The number of halogens is 1. The molecule has 1 amide bonds. The Kier molecular flexibility index (Phi) is 8.94. The second-order valence-electron chi connectivity index (χ2n) is 7.47. The first-order chi connectivity index (χ1) is 15.9. The lowest BCUT2D eigenvalue weighted by atomic mass is 10.1. The molecule has 1 heterocycles. The summed E-state index contributed by atoms with van der Waals surface area (Å²) >= 11 is 5.00. The van der Waals surface area contributed by atoms with Gasteiger partial charge >= 0.3 is 0 Å². The van der Waals surface area contributed by atoms with E-state index in [0.717, 1.165) is 14.7 Å². The molecule has 0 saturated heterocycles. The van der Waals surface area contributed by atoms with Gasteiger partial charge in [-0.25, -0.2) is 4.98 Å². The predicted octanol–water partition coefficient (Wildman–Crippen LogP) is 5.46. The van der Waals surface area contributed by atoms with Gasteiger partial charge in [0, 0.05) is 23.1 Å². The molecule has 0 unspecified atom stereocenters. The molecular weight excluding hydrogens is 506 g/mol. The Labute approximate surface area is 207 Å². The number of nitrogens with zero attached hydrogens (tertiary/aromatic N) is 3. The van der Waals surface area contributed by atoms with Crippen molar-refractivity contribution in [1.82, 2.24) is 9.88 Å². The summed E-state index contributed by atoms with van der Waals surface area (Å²) in [5.74, 6) is 1.34. The third kappa shape index (κ3) is 6.16. The molecule has 0 N–H and O–H groups in total. The van der Waals surface area contributed by atoms with Crippen molar-refractivity contribution in [2.75, 3.05) is 51.9 Å². The Morgan fingerprint density at radius 2 is 1.61 bits per heavy atom. The average molecular weight is 536 g/mol. The van der Waals surface area contributed by atoms with Gasteiger partial charge in [0.1, 0.15) is 0 Å². The van der Waals surface area contributed by atoms with Gasteiger partial charge in [0.25, 0.3) is 5.91 Å². The van der Waals surface area contributed by atoms with Gasteiger partial charge < -0.3 is 19.1 Å². The smallest absolute Gasteiger partial charge is 0.260 e. The van der Waals surface area contributed by atoms with Crippen LogP contribution in [0.25, 0.3) is 10.2 Å². The molecule has 7 nitrogen and oxygen atoms in total. The summed E-state index contributed by atoms with van der Waals surface area (Å²) in [5, 5.41) is 0.653. The SMILES string of the molecule is CCOc1cc(C(=O)N(CCN(C)C)c2nc3ccc(Br)cc3s2)cc(OCC)c1OCC. The van der Waals surface area contributed by atoms with Crippen LogP contribution in [0.15, 0.2) is 34.8 Å². The Morgan fingerprint density at radius 1 is 0.970 bits per heavy atom. The van der Waals surface area contributed by atoms with Gasteiger partial charge in [-0.15, -0.1) is 0 Å². The summed E-state index contributed by atoms with van der Waals surface area (Å²) in [6.07, 6.45) is 0. The number of carbonyl (C=O) groups excluding carboxylic acids is 1. The molecule has 1 aromatic heterocycles. The minimum Gasteiger partial charge on any atom is -0.490 e. The summed E-state index contributed by atoms with van der Waals surface area (Å²) in [7, 11) is 3.96. The number of anilines is 1. The minimum atomic E-state index is -0.167. The molecule has 9 heteroatoms. The van der Waals surface area contributed by atoms with E-state index in [-0.39, 0.29) is 5.91 Å². The fourth-order valence-electron chi connectivity index (χ4n) is 3.25. The maximum absolute atomic E-state index is 13.8. The zero-order valence-corrected chi connectivity index (χ0v) is 22.1. The van der Waals surface area contributed by atoms with Crippen molar-refractivity contribution >= 4 is 48.5 Å². The van der Waals surface area contributed by atoms with Crippen LogP contribution in [0.1, 0.15) is 31.1 Å². The summed E-state index contributed by atoms with van der Waals surface area (Å²) in [6, 6.07) is 9.37. The molecule has 3 aromatic rings. The second kappa shape index (κ2) is 11.7. The van der Waals surface area contributed by atoms with Gasteiger partial charge in [0.15, 0.2) is 16.6 Å². The van der Waals surface area contributed by atoms with E-state index in [1.807, 2.05) is 58.0 Å². The van der Waals surface area contributed by atoms with Crippen molar-refractivity contribution in [2.24, 2.45) is 0 Å². The first-order valence-corrected chi connectivity index (χ1v) is 12.6. The number of amides is 1. The van der Waals surface area contributed by atoms with Crippen LogP contribution >= 0.6 is 27.3 Å². The molecule has 2 aromatic carbocycles. The first-order valence-electron chi connectivity index (χ1n) is 11.0. The van der Waals surface area contributed by atoms with E-state index in [9.17, 15) is 4.79 Å². The zero-order valence-electron chi connectivity index (χ0n) is 19.7. The van der Waals surface area contributed by atoms with E-state index in [2.05, 4.69) is 15.9 Å². The van der Waals surface area contributed by atoms with Crippen LogP contribution in [0.2, 0.25) is 0 Å². The highest BCUT2D eigenvalue weighted by atomic mass is 79.9. The van der Waals surface area contributed by atoms with Crippen molar-refractivity contribution in [3.05, 3.63) is 40.4 Å². The normalized spacial score (nSPS) is 11.1. The van der Waals surface area contributed by atoms with Gasteiger partial charge in [-0.1, -0.05) is 27.3 Å². The van der Waals surface area contributed by atoms with Crippen molar-refractivity contribution in [2.45, 2.75) is 20.8 Å². The summed E-state index contributed by atoms with van der Waals surface area (Å²) in [4.78, 5) is 22.3. The highest BCUT2D eigenvalue weighted by Crippen LogP contribution is 2.40. The quantitative estimate of drug-likeness (QED) is 0.324. The number of carbonyl (C=O) groups is 1. The molecule has 33 heavy (non-hydrogen) atoms. The summed E-state index contributed by atoms with van der Waals surface area (Å²) < 4.78 is 19.4. The summed E-state index contributed by atoms with van der Waals surface area (Å²) in [5.41, 5.74) is 1.32. The van der Waals surface area contributed by atoms with E-state index in [1.54, 1.807) is 17.0 Å². The van der Waals surface area contributed by atoms with Crippen molar-refractivity contribution in [1.29, 1.82) is 0 Å². The van der Waals surface area contributed by atoms with E-state index in [4.69, 9.17) is 19.2 Å². The lowest BCUT2D eigenvalue weighted by Gasteiger charge is -2.23. The zero-order chi connectivity index (χ0) is 24.0. The average Bonchev–Trinajstić information content (AvgIpc) is 3.18. The topological polar surface area (TPSA) is 64.1 Å². The number of fused-ring (bicyclic) bond motifs is 1. The van der Waals surface area contributed by atoms with E-state index >= 15 is 0 Å². The number of benzene rings is 2. The number of ether oxygens (including phenoxy) is 3. The van der Waals surface area contributed by atoms with Crippen LogP contribution in [0.5, 0.6) is 17.2 Å². The lowest BCUT2D eigenvalue weighted by molar-refractivity contribution is 0.0984. The molecule has 3 rings (SSSR count). The van der Waals surface area contributed by atoms with Crippen LogP contribution in [-0.2, 0) is 0 Å². The van der Waals surface area contributed by atoms with Crippen LogP contribution in [0.3, 0.4) is 0 Å². The molecular formula is C24H30BrN3O4S. The molecule has 0 aliphatic carbocycles. The van der Waals surface area contributed by atoms with E-state index in [0.29, 0.717) is 60.9 Å². The first kappa shape index (κ1) is 25.3. The second-order valence-corrected chi connectivity index (χ2v) is 9.39. The number of aromatic nitrogens is 1. The number of hydrogen-bond acceptors (Lipinski definition) is 7.